The molecule has 8 heteroatoms. The van der Waals surface area contributed by atoms with Crippen LogP contribution in [0, 0.1) is 0 Å². The molecule has 1 unspecified atom stereocenters. The molecule has 1 aliphatic rings. The van der Waals surface area contributed by atoms with Gasteiger partial charge < -0.3 is 15.3 Å². The van der Waals surface area contributed by atoms with E-state index in [2.05, 4.69) is 5.32 Å². The molecule has 1 aliphatic heterocycles. The van der Waals surface area contributed by atoms with Crippen LogP contribution in [0.3, 0.4) is 0 Å². The van der Waals surface area contributed by atoms with Crippen LogP contribution in [0.25, 0.3) is 0 Å². The van der Waals surface area contributed by atoms with Gasteiger partial charge in [-0.25, -0.2) is 0 Å². The predicted molar refractivity (Wildman–Crippen MR) is 60.5 cm³/mol. The van der Waals surface area contributed by atoms with Crippen LogP contribution in [0.5, 0.6) is 0 Å². The molecular formula is C11H17F3N2O3. The normalized spacial score (nSPS) is 23.4. The van der Waals surface area contributed by atoms with Crippen molar-refractivity contribution < 1.29 is 27.9 Å². The zero-order valence-corrected chi connectivity index (χ0v) is 10.6. The molecule has 1 atom stereocenters. The van der Waals surface area contributed by atoms with Gasteiger partial charge >= 0.3 is 12.1 Å². The Morgan fingerprint density at radius 1 is 1.42 bits per heavy atom. The Labute approximate surface area is 108 Å². The number of hydrogen-bond acceptors (Lipinski definition) is 3. The van der Waals surface area contributed by atoms with Crippen LogP contribution in [-0.2, 0) is 9.59 Å². The Hall–Kier alpha value is -1.31. The Bertz CT molecular complexity index is 352. The highest BCUT2D eigenvalue weighted by molar-refractivity contribution is 5.89. The average molecular weight is 282 g/mol. The Morgan fingerprint density at radius 3 is 2.42 bits per heavy atom. The summed E-state index contributed by atoms with van der Waals surface area (Å²) in [6, 6.07) is 0. The maximum atomic E-state index is 12.4. The summed E-state index contributed by atoms with van der Waals surface area (Å²) in [6.07, 6.45) is -3.17. The first kappa shape index (κ1) is 15.7. The third kappa shape index (κ3) is 4.09. The molecule has 2 N–H and O–H groups in total. The van der Waals surface area contributed by atoms with Gasteiger partial charge in [0.25, 0.3) is 0 Å². The number of halogens is 3. The van der Waals surface area contributed by atoms with E-state index in [0.29, 0.717) is 30.7 Å². The number of nitrogens with zero attached hydrogens (tertiary/aromatic N) is 1. The minimum atomic E-state index is -4.61. The van der Waals surface area contributed by atoms with Gasteiger partial charge in [-0.15, -0.1) is 0 Å². The Kier molecular flexibility index (Phi) is 4.78. The lowest BCUT2D eigenvalue weighted by atomic mass is 9.92. The lowest BCUT2D eigenvalue weighted by Gasteiger charge is -2.33. The van der Waals surface area contributed by atoms with Crippen LogP contribution in [0.1, 0.15) is 26.2 Å². The molecule has 0 aliphatic carbocycles. The highest BCUT2D eigenvalue weighted by atomic mass is 19.4. The van der Waals surface area contributed by atoms with Crippen molar-refractivity contribution >= 4 is 11.9 Å². The topological polar surface area (TPSA) is 69.6 Å². The largest absolute Gasteiger partial charge is 0.480 e. The van der Waals surface area contributed by atoms with Crippen LogP contribution < -0.4 is 5.32 Å². The van der Waals surface area contributed by atoms with E-state index < -0.39 is 36.7 Å². The fraction of sp³-hybridized carbons (Fsp3) is 0.818. The van der Waals surface area contributed by atoms with E-state index in [1.54, 1.807) is 6.92 Å². The first-order chi connectivity index (χ1) is 8.70. The number of carbonyl (C=O) groups is 2. The smallest absolute Gasteiger partial charge is 0.406 e. The van der Waals surface area contributed by atoms with E-state index in [4.69, 9.17) is 5.11 Å². The molecule has 0 aromatic rings. The molecule has 0 aromatic carbocycles. The summed E-state index contributed by atoms with van der Waals surface area (Å²) in [6.45, 7) is -0.237. The summed E-state index contributed by atoms with van der Waals surface area (Å²) in [4.78, 5) is 23.2. The van der Waals surface area contributed by atoms with E-state index in [1.165, 1.54) is 0 Å². The monoisotopic (exact) mass is 282 g/mol. The Morgan fingerprint density at radius 2 is 2.05 bits per heavy atom. The van der Waals surface area contributed by atoms with E-state index in [-0.39, 0.29) is 0 Å². The minimum Gasteiger partial charge on any atom is -0.480 e. The van der Waals surface area contributed by atoms with E-state index >= 15 is 0 Å². The van der Waals surface area contributed by atoms with Crippen LogP contribution in [0.2, 0.25) is 0 Å². The first-order valence-corrected chi connectivity index (χ1v) is 6.03. The lowest BCUT2D eigenvalue weighted by Crippen LogP contribution is -2.57. The zero-order chi connectivity index (χ0) is 14.7. The van der Waals surface area contributed by atoms with Crippen LogP contribution in [0.15, 0.2) is 0 Å². The number of amides is 1. The number of hydrogen-bond donors (Lipinski definition) is 2. The maximum Gasteiger partial charge on any atom is 0.406 e. The predicted octanol–water partition coefficient (Wildman–Crippen LogP) is 0.994. The zero-order valence-electron chi connectivity index (χ0n) is 10.6. The van der Waals surface area contributed by atoms with Crippen molar-refractivity contribution in [2.24, 2.45) is 0 Å². The van der Waals surface area contributed by atoms with Gasteiger partial charge in [0.2, 0.25) is 5.91 Å². The lowest BCUT2D eigenvalue weighted by molar-refractivity contribution is -0.169. The molecule has 1 rings (SSSR count). The van der Waals surface area contributed by atoms with Crippen molar-refractivity contribution in [3.8, 4) is 0 Å². The molecule has 1 saturated heterocycles. The Balaban J connectivity index is 2.89. The molecule has 0 radical (unpaired) electrons. The molecule has 110 valence electrons. The second-order valence-corrected chi connectivity index (χ2v) is 4.64. The van der Waals surface area contributed by atoms with E-state index in [0.717, 1.165) is 0 Å². The molecule has 0 bridgehead atoms. The highest BCUT2D eigenvalue weighted by Gasteiger charge is 2.45. The number of alkyl halides is 3. The third-order valence-electron chi connectivity index (χ3n) is 3.24. The highest BCUT2D eigenvalue weighted by Crippen LogP contribution is 2.27. The number of aliphatic carboxylic acids is 1. The van der Waals surface area contributed by atoms with Crippen LogP contribution >= 0.6 is 0 Å². The van der Waals surface area contributed by atoms with Gasteiger partial charge in [-0.2, -0.15) is 13.2 Å². The van der Waals surface area contributed by atoms with Gasteiger partial charge in [0.05, 0.1) is 5.54 Å². The standard InChI is InChI=1S/C11H17F3N2O3/c1-2-10(4-3-5-15-10)9(19)16(6-8(17)18)7-11(12,13)14/h15H,2-7H2,1H3,(H,17,18). The summed E-state index contributed by atoms with van der Waals surface area (Å²) in [5.41, 5.74) is -1.05. The van der Waals surface area contributed by atoms with Crippen LogP contribution in [-0.4, -0.2) is 53.2 Å². The van der Waals surface area contributed by atoms with Gasteiger partial charge in [0.1, 0.15) is 13.1 Å². The second kappa shape index (κ2) is 5.77. The second-order valence-electron chi connectivity index (χ2n) is 4.64. The average Bonchev–Trinajstić information content (AvgIpc) is 2.74. The molecule has 1 fully saturated rings. The number of rotatable bonds is 5. The molecule has 5 nitrogen and oxygen atoms in total. The van der Waals surface area contributed by atoms with Gasteiger partial charge in [0.15, 0.2) is 0 Å². The number of carboxylic acids is 1. The summed E-state index contributed by atoms with van der Waals surface area (Å²) < 4.78 is 37.3. The van der Waals surface area contributed by atoms with Gasteiger partial charge in [0, 0.05) is 0 Å². The maximum absolute atomic E-state index is 12.4. The van der Waals surface area contributed by atoms with Crippen molar-refractivity contribution in [2.45, 2.75) is 37.9 Å². The number of nitrogens with one attached hydrogen (secondary N) is 1. The summed E-state index contributed by atoms with van der Waals surface area (Å²) in [5, 5.41) is 11.6. The van der Waals surface area contributed by atoms with Crippen molar-refractivity contribution in [2.75, 3.05) is 19.6 Å². The molecule has 0 spiro atoms. The SMILES string of the molecule is CCC1(C(=O)N(CC(=O)O)CC(F)(F)F)CCCN1. The molecule has 1 amide bonds. The summed E-state index contributed by atoms with van der Waals surface area (Å²) in [7, 11) is 0. The van der Waals surface area contributed by atoms with Gasteiger partial charge in [-0.1, -0.05) is 6.92 Å². The summed E-state index contributed by atoms with van der Waals surface area (Å²) >= 11 is 0. The molecule has 1 heterocycles. The third-order valence-corrected chi connectivity index (χ3v) is 3.24. The van der Waals surface area contributed by atoms with Gasteiger partial charge in [-0.3, -0.25) is 9.59 Å². The van der Waals surface area contributed by atoms with E-state index in [9.17, 15) is 22.8 Å². The minimum absolute atomic E-state index is 0.333. The molecule has 19 heavy (non-hydrogen) atoms. The fourth-order valence-electron chi connectivity index (χ4n) is 2.32. The quantitative estimate of drug-likeness (QED) is 0.789. The first-order valence-electron chi connectivity index (χ1n) is 6.03. The van der Waals surface area contributed by atoms with E-state index in [1.807, 2.05) is 0 Å². The fourth-order valence-corrected chi connectivity index (χ4v) is 2.32. The summed E-state index contributed by atoms with van der Waals surface area (Å²) in [5.74, 6) is -2.24. The van der Waals surface area contributed by atoms with Gasteiger partial charge in [-0.05, 0) is 25.8 Å². The molecule has 0 aromatic heterocycles. The van der Waals surface area contributed by atoms with Crippen molar-refractivity contribution in [3.05, 3.63) is 0 Å². The van der Waals surface area contributed by atoms with Crippen molar-refractivity contribution in [1.29, 1.82) is 0 Å². The molecular weight excluding hydrogens is 265 g/mol. The number of carboxylic acid groups (broad SMARTS) is 1. The van der Waals surface area contributed by atoms with Crippen LogP contribution in [0.4, 0.5) is 13.2 Å². The molecule has 0 saturated carbocycles. The van der Waals surface area contributed by atoms with Crippen molar-refractivity contribution in [1.82, 2.24) is 10.2 Å². The van der Waals surface area contributed by atoms with Crippen molar-refractivity contribution in [3.63, 3.8) is 0 Å². The number of carbonyl (C=O) groups excluding carboxylic acids is 1.